The van der Waals surface area contributed by atoms with Crippen LogP contribution < -0.4 is 11.1 Å². The zero-order valence-corrected chi connectivity index (χ0v) is 14.2. The Labute approximate surface area is 137 Å². The summed E-state index contributed by atoms with van der Waals surface area (Å²) in [6.45, 7) is 6.42. The third-order valence-corrected chi connectivity index (χ3v) is 4.29. The molecular formula is C17H25ClN2O2. The molecule has 2 rings (SSSR count). The number of nitrogens with two attached hydrogens (primary N) is 1. The monoisotopic (exact) mass is 324 g/mol. The van der Waals surface area contributed by atoms with Crippen molar-refractivity contribution in [2.45, 2.75) is 45.1 Å². The van der Waals surface area contributed by atoms with Crippen molar-refractivity contribution in [1.29, 1.82) is 0 Å². The first-order chi connectivity index (χ1) is 9.99. The van der Waals surface area contributed by atoms with E-state index >= 15 is 0 Å². The molecule has 0 spiro atoms. The first-order valence-corrected chi connectivity index (χ1v) is 7.54. The molecule has 2 aromatic rings. The summed E-state index contributed by atoms with van der Waals surface area (Å²) in [7, 11) is 0. The van der Waals surface area contributed by atoms with Crippen molar-refractivity contribution in [1.82, 2.24) is 5.32 Å². The fraction of sp³-hybridized carbons (Fsp3) is 0.471. The van der Waals surface area contributed by atoms with Crippen LogP contribution in [-0.2, 0) is 4.79 Å². The third kappa shape index (κ3) is 4.02. The van der Waals surface area contributed by atoms with E-state index in [4.69, 9.17) is 10.2 Å². The molecule has 0 saturated heterocycles. The number of para-hydroxylation sites is 1. The van der Waals surface area contributed by atoms with E-state index in [0.29, 0.717) is 12.3 Å². The normalized spacial score (nSPS) is 12.7. The highest BCUT2D eigenvalue weighted by Crippen LogP contribution is 2.25. The maximum Gasteiger partial charge on any atom is 0.230 e. The maximum absolute atomic E-state index is 12.3. The van der Waals surface area contributed by atoms with Crippen LogP contribution in [0.5, 0.6) is 0 Å². The number of nitrogens with one attached hydrogen (secondary N) is 1. The van der Waals surface area contributed by atoms with Gasteiger partial charge in [0.25, 0.3) is 0 Å². The number of benzene rings is 1. The summed E-state index contributed by atoms with van der Waals surface area (Å²) < 4.78 is 5.74. The zero-order chi connectivity index (χ0) is 15.5. The fourth-order valence-electron chi connectivity index (χ4n) is 2.26. The van der Waals surface area contributed by atoms with Gasteiger partial charge in [-0.25, -0.2) is 0 Å². The van der Waals surface area contributed by atoms with Gasteiger partial charge in [0.15, 0.2) is 0 Å². The molecule has 122 valence electrons. The molecule has 1 aromatic heterocycles. The van der Waals surface area contributed by atoms with Crippen LogP contribution in [0, 0.1) is 0 Å². The largest absolute Gasteiger partial charge is 0.460 e. The molecule has 1 atom stereocenters. The van der Waals surface area contributed by atoms with Gasteiger partial charge in [-0.05, 0) is 31.9 Å². The Morgan fingerprint density at radius 3 is 2.55 bits per heavy atom. The molecule has 1 heterocycles. The highest BCUT2D eigenvalue weighted by Gasteiger charge is 2.24. The van der Waals surface area contributed by atoms with Crippen molar-refractivity contribution in [3.05, 3.63) is 36.1 Å². The standard InChI is InChI=1S/C17H24N2O2.ClH/c1-4-17(18,5-2)11-19-16(20)12(3)15-10-13-8-6-7-9-14(13)21-15;/h6-10,12H,4-5,11,18H2,1-3H3,(H,19,20);1H. The van der Waals surface area contributed by atoms with Crippen molar-refractivity contribution in [2.24, 2.45) is 5.73 Å². The van der Waals surface area contributed by atoms with Crippen LogP contribution in [0.1, 0.15) is 45.3 Å². The molecule has 1 amide bonds. The van der Waals surface area contributed by atoms with Gasteiger partial charge in [0.2, 0.25) is 5.91 Å². The summed E-state index contributed by atoms with van der Waals surface area (Å²) in [5.41, 5.74) is 6.68. The Kier molecular flexibility index (Phi) is 6.45. The van der Waals surface area contributed by atoms with Crippen LogP contribution in [-0.4, -0.2) is 18.0 Å². The second kappa shape index (κ2) is 7.65. The van der Waals surface area contributed by atoms with Crippen molar-refractivity contribution in [3.8, 4) is 0 Å². The lowest BCUT2D eigenvalue weighted by molar-refractivity contribution is -0.122. The Bertz CT molecular complexity index is 587. The highest BCUT2D eigenvalue weighted by molar-refractivity contribution is 5.85. The molecule has 0 aliphatic heterocycles. The van der Waals surface area contributed by atoms with Gasteiger partial charge in [0.05, 0.1) is 5.92 Å². The molecule has 0 radical (unpaired) electrons. The summed E-state index contributed by atoms with van der Waals surface area (Å²) in [6.07, 6.45) is 1.67. The number of rotatable bonds is 6. The van der Waals surface area contributed by atoms with Crippen molar-refractivity contribution in [3.63, 3.8) is 0 Å². The van der Waals surface area contributed by atoms with Gasteiger partial charge in [-0.15, -0.1) is 12.4 Å². The Balaban J connectivity index is 0.00000242. The van der Waals surface area contributed by atoms with E-state index < -0.39 is 0 Å². The SMILES string of the molecule is CCC(N)(CC)CNC(=O)C(C)c1cc2ccccc2o1.Cl. The molecule has 22 heavy (non-hydrogen) atoms. The number of furan rings is 1. The van der Waals surface area contributed by atoms with Crippen LogP contribution in [0.4, 0.5) is 0 Å². The van der Waals surface area contributed by atoms with Crippen LogP contribution in [0.3, 0.4) is 0 Å². The molecule has 0 fully saturated rings. The lowest BCUT2D eigenvalue weighted by atomic mass is 9.94. The summed E-state index contributed by atoms with van der Waals surface area (Å²) in [6, 6.07) is 9.69. The first-order valence-electron chi connectivity index (χ1n) is 7.54. The van der Waals surface area contributed by atoms with E-state index in [-0.39, 0.29) is 29.8 Å². The number of carbonyl (C=O) groups excluding carboxylic acids is 1. The van der Waals surface area contributed by atoms with E-state index in [1.165, 1.54) is 0 Å². The van der Waals surface area contributed by atoms with Crippen LogP contribution in [0.15, 0.2) is 34.7 Å². The van der Waals surface area contributed by atoms with Crippen LogP contribution >= 0.6 is 12.4 Å². The number of carbonyl (C=O) groups is 1. The molecule has 5 heteroatoms. The average Bonchev–Trinajstić information content (AvgIpc) is 2.95. The summed E-state index contributed by atoms with van der Waals surface area (Å²) in [5, 5.41) is 3.96. The second-order valence-corrected chi connectivity index (χ2v) is 5.70. The summed E-state index contributed by atoms with van der Waals surface area (Å²) >= 11 is 0. The Morgan fingerprint density at radius 2 is 1.95 bits per heavy atom. The molecule has 0 aliphatic rings. The molecular weight excluding hydrogens is 300 g/mol. The minimum atomic E-state index is -0.330. The fourth-order valence-corrected chi connectivity index (χ4v) is 2.26. The Hall–Kier alpha value is -1.52. The van der Waals surface area contributed by atoms with E-state index in [2.05, 4.69) is 5.32 Å². The van der Waals surface area contributed by atoms with Gasteiger partial charge in [0, 0.05) is 17.5 Å². The van der Waals surface area contributed by atoms with Crippen LogP contribution in [0.25, 0.3) is 11.0 Å². The number of hydrogen-bond acceptors (Lipinski definition) is 3. The summed E-state index contributed by atoms with van der Waals surface area (Å²) in [5.74, 6) is 0.311. The van der Waals surface area contributed by atoms with Gasteiger partial charge in [0.1, 0.15) is 11.3 Å². The number of hydrogen-bond donors (Lipinski definition) is 2. The van der Waals surface area contributed by atoms with Gasteiger partial charge in [-0.3, -0.25) is 4.79 Å². The molecule has 1 unspecified atom stereocenters. The van der Waals surface area contributed by atoms with Gasteiger partial charge in [-0.2, -0.15) is 0 Å². The number of halogens is 1. The quantitative estimate of drug-likeness (QED) is 0.853. The van der Waals surface area contributed by atoms with E-state index in [1.807, 2.05) is 51.1 Å². The first kappa shape index (κ1) is 18.5. The third-order valence-electron chi connectivity index (χ3n) is 4.29. The molecule has 4 nitrogen and oxygen atoms in total. The average molecular weight is 325 g/mol. The smallest absolute Gasteiger partial charge is 0.230 e. The van der Waals surface area contributed by atoms with Crippen LogP contribution in [0.2, 0.25) is 0 Å². The predicted molar refractivity (Wildman–Crippen MR) is 92.4 cm³/mol. The minimum Gasteiger partial charge on any atom is -0.460 e. The summed E-state index contributed by atoms with van der Waals surface area (Å²) in [4.78, 5) is 12.3. The van der Waals surface area contributed by atoms with Gasteiger partial charge >= 0.3 is 0 Å². The second-order valence-electron chi connectivity index (χ2n) is 5.70. The molecule has 0 bridgehead atoms. The number of amides is 1. The Morgan fingerprint density at radius 1 is 1.32 bits per heavy atom. The molecule has 3 N–H and O–H groups in total. The lowest BCUT2D eigenvalue weighted by Gasteiger charge is -2.27. The predicted octanol–water partition coefficient (Wildman–Crippen LogP) is 3.59. The van der Waals surface area contributed by atoms with Gasteiger partial charge in [-0.1, -0.05) is 32.0 Å². The zero-order valence-electron chi connectivity index (χ0n) is 13.4. The van der Waals surface area contributed by atoms with Crippen molar-refractivity contribution >= 4 is 29.3 Å². The highest BCUT2D eigenvalue weighted by atomic mass is 35.5. The van der Waals surface area contributed by atoms with E-state index in [9.17, 15) is 4.79 Å². The van der Waals surface area contributed by atoms with E-state index in [1.54, 1.807) is 0 Å². The molecule has 0 aliphatic carbocycles. The van der Waals surface area contributed by atoms with Gasteiger partial charge < -0.3 is 15.5 Å². The maximum atomic E-state index is 12.3. The number of fused-ring (bicyclic) bond motifs is 1. The minimum absolute atomic E-state index is 0. The topological polar surface area (TPSA) is 68.3 Å². The molecule has 1 aromatic carbocycles. The molecule has 0 saturated carbocycles. The van der Waals surface area contributed by atoms with E-state index in [0.717, 1.165) is 23.8 Å². The van der Waals surface area contributed by atoms with Crippen molar-refractivity contribution < 1.29 is 9.21 Å². The lowest BCUT2D eigenvalue weighted by Crippen LogP contribution is -2.49. The van der Waals surface area contributed by atoms with Crippen molar-refractivity contribution in [2.75, 3.05) is 6.54 Å².